The fourth-order valence-electron chi connectivity index (χ4n) is 7.98. The maximum atomic E-state index is 5.36. The first kappa shape index (κ1) is 27.6. The predicted octanol–water partition coefficient (Wildman–Crippen LogP) is 8.66. The van der Waals surface area contributed by atoms with Gasteiger partial charge in [-0.15, -0.1) is 0 Å². The van der Waals surface area contributed by atoms with Gasteiger partial charge in [0.05, 0.1) is 0 Å². The predicted molar refractivity (Wildman–Crippen MR) is 177 cm³/mol. The molecule has 0 radical (unpaired) electrons. The zero-order valence-electron chi connectivity index (χ0n) is 25.0. The number of nitrogens with one attached hydrogen (secondary N) is 1. The van der Waals surface area contributed by atoms with E-state index in [0.29, 0.717) is 29.6 Å². The summed E-state index contributed by atoms with van der Waals surface area (Å²) in [4.78, 5) is 15.9. The third-order valence-electron chi connectivity index (χ3n) is 10.4. The Morgan fingerprint density at radius 3 is 2.40 bits per heavy atom. The Morgan fingerprint density at radius 1 is 0.810 bits per heavy atom. The Bertz CT molecular complexity index is 1360. The molecule has 4 atom stereocenters. The fourth-order valence-corrected chi connectivity index (χ4v) is 7.98. The summed E-state index contributed by atoms with van der Waals surface area (Å²) in [7, 11) is 0. The topological polar surface area (TPSA) is 49.1 Å². The van der Waals surface area contributed by atoms with E-state index < -0.39 is 0 Å². The number of allylic oxidation sites excluding steroid dienone is 8. The lowest BCUT2D eigenvalue weighted by Gasteiger charge is -2.36. The first-order valence-corrected chi connectivity index (χ1v) is 16.8. The van der Waals surface area contributed by atoms with Crippen LogP contribution < -0.4 is 5.32 Å². The molecule has 4 unspecified atom stereocenters. The van der Waals surface area contributed by atoms with Gasteiger partial charge in [-0.3, -0.25) is 4.99 Å². The van der Waals surface area contributed by atoms with Gasteiger partial charge in [-0.05, 0) is 73.1 Å². The van der Waals surface area contributed by atoms with Gasteiger partial charge < -0.3 is 5.32 Å². The minimum atomic E-state index is 0.180. The van der Waals surface area contributed by atoms with E-state index in [1.165, 1.54) is 92.5 Å². The van der Waals surface area contributed by atoms with Gasteiger partial charge in [-0.1, -0.05) is 111 Å². The Hall–Kier alpha value is -3.27. The van der Waals surface area contributed by atoms with Crippen molar-refractivity contribution in [2.75, 3.05) is 6.54 Å². The zero-order valence-corrected chi connectivity index (χ0v) is 25.0. The highest BCUT2D eigenvalue weighted by atomic mass is 15.2. The van der Waals surface area contributed by atoms with Crippen molar-refractivity contribution in [3.63, 3.8) is 0 Å². The largest absolute Gasteiger partial charge is 0.351 e. The molecule has 218 valence electrons. The Labute approximate surface area is 252 Å². The molecule has 0 amide bonds. The molecule has 0 aromatic heterocycles. The number of aliphatic imine (C=N–C) groups is 3. The second-order valence-corrected chi connectivity index (χ2v) is 13.2. The number of hydrogen-bond donors (Lipinski definition) is 1. The first-order chi connectivity index (χ1) is 20.8. The average molecular weight is 559 g/mol. The standard InChI is InChI=1S/C38H46N4/c1-5-14-27(15-6-1)33-25-35(28-16-7-2-8-17-28)39-26-34(33)31-22-13-23-32(24-31)38-41-36(29-18-9-3-10-19-29)40-37(42-38)30-20-11-4-12-21-30/h1-2,5-8,13-16,22-23,25,28-31,34,36H,3-4,9-12,17-21,24,26H2,(H,40,41,42). The second-order valence-electron chi connectivity index (χ2n) is 13.2. The molecule has 2 saturated carbocycles. The van der Waals surface area contributed by atoms with E-state index in [1.807, 2.05) is 0 Å². The quantitative estimate of drug-likeness (QED) is 0.373. The molecular weight excluding hydrogens is 512 g/mol. The SMILES string of the molecule is C1=CCC(C2=NCC(C3C=CC=C(C4=NC(C5CCCCC5)NC(C5CCCCC5)=N4)C3)C(c3ccccc3)=C2)C=C1. The van der Waals surface area contributed by atoms with Gasteiger partial charge >= 0.3 is 0 Å². The summed E-state index contributed by atoms with van der Waals surface area (Å²) in [6.45, 7) is 0.835. The van der Waals surface area contributed by atoms with E-state index >= 15 is 0 Å². The number of amidine groups is 2. The van der Waals surface area contributed by atoms with Crippen LogP contribution in [0.1, 0.15) is 82.6 Å². The number of benzene rings is 1. The van der Waals surface area contributed by atoms with Crippen molar-refractivity contribution >= 4 is 23.0 Å². The molecule has 1 aromatic carbocycles. The van der Waals surface area contributed by atoms with Gasteiger partial charge in [0, 0.05) is 30.0 Å². The molecule has 0 spiro atoms. The lowest BCUT2D eigenvalue weighted by Crippen LogP contribution is -2.46. The molecule has 2 heterocycles. The molecule has 2 aliphatic heterocycles. The van der Waals surface area contributed by atoms with Crippen LogP contribution in [0.2, 0.25) is 0 Å². The van der Waals surface area contributed by atoms with Crippen LogP contribution in [0.15, 0.2) is 99.5 Å². The van der Waals surface area contributed by atoms with Crippen molar-refractivity contribution in [2.45, 2.75) is 83.2 Å². The van der Waals surface area contributed by atoms with Gasteiger partial charge in [-0.2, -0.15) is 0 Å². The molecular formula is C38H46N4. The molecule has 4 nitrogen and oxygen atoms in total. The van der Waals surface area contributed by atoms with Crippen molar-refractivity contribution in [2.24, 2.45) is 44.6 Å². The first-order valence-electron chi connectivity index (χ1n) is 16.8. The van der Waals surface area contributed by atoms with Crippen molar-refractivity contribution in [3.05, 3.63) is 90.1 Å². The third-order valence-corrected chi connectivity index (χ3v) is 10.4. The van der Waals surface area contributed by atoms with E-state index in [9.17, 15) is 0 Å². The molecule has 4 aliphatic carbocycles. The third kappa shape index (κ3) is 6.09. The van der Waals surface area contributed by atoms with Crippen molar-refractivity contribution in [1.29, 1.82) is 0 Å². The molecule has 0 bridgehead atoms. The second kappa shape index (κ2) is 12.9. The normalized spacial score (nSPS) is 30.5. The average Bonchev–Trinajstić information content (AvgIpc) is 3.09. The van der Waals surface area contributed by atoms with E-state index in [1.54, 1.807) is 0 Å². The molecule has 0 saturated heterocycles. The summed E-state index contributed by atoms with van der Waals surface area (Å²) in [5.74, 6) is 4.52. The molecule has 1 N–H and O–H groups in total. The minimum absolute atomic E-state index is 0.180. The van der Waals surface area contributed by atoms with Crippen molar-refractivity contribution in [1.82, 2.24) is 5.32 Å². The summed E-state index contributed by atoms with van der Waals surface area (Å²) in [6, 6.07) is 11.0. The van der Waals surface area contributed by atoms with E-state index in [4.69, 9.17) is 15.0 Å². The molecule has 2 fully saturated rings. The van der Waals surface area contributed by atoms with Gasteiger partial charge in [0.25, 0.3) is 0 Å². The maximum absolute atomic E-state index is 5.36. The van der Waals surface area contributed by atoms with Crippen molar-refractivity contribution < 1.29 is 0 Å². The summed E-state index contributed by atoms with van der Waals surface area (Å²) in [5, 5.41) is 3.88. The van der Waals surface area contributed by atoms with Crippen LogP contribution in [0.5, 0.6) is 0 Å². The number of dihydropyridines is 1. The monoisotopic (exact) mass is 558 g/mol. The van der Waals surface area contributed by atoms with Crippen LogP contribution in [-0.4, -0.2) is 30.1 Å². The zero-order chi connectivity index (χ0) is 28.1. The van der Waals surface area contributed by atoms with Gasteiger partial charge in [0.15, 0.2) is 5.84 Å². The Morgan fingerprint density at radius 2 is 1.62 bits per heavy atom. The molecule has 1 aromatic rings. The summed E-state index contributed by atoms with van der Waals surface area (Å²) >= 11 is 0. The minimum Gasteiger partial charge on any atom is -0.351 e. The lowest BCUT2D eigenvalue weighted by atomic mass is 9.75. The van der Waals surface area contributed by atoms with E-state index in [2.05, 4.69) is 84.3 Å². The van der Waals surface area contributed by atoms with Gasteiger partial charge in [-0.25, -0.2) is 9.98 Å². The van der Waals surface area contributed by atoms with Crippen molar-refractivity contribution in [3.8, 4) is 0 Å². The highest BCUT2D eigenvalue weighted by molar-refractivity contribution is 6.09. The summed E-state index contributed by atoms with van der Waals surface area (Å²) < 4.78 is 0. The smallest absolute Gasteiger partial charge is 0.154 e. The van der Waals surface area contributed by atoms with Gasteiger partial charge in [0.1, 0.15) is 12.0 Å². The summed E-state index contributed by atoms with van der Waals surface area (Å²) in [6.07, 6.45) is 33.6. The highest BCUT2D eigenvalue weighted by Crippen LogP contribution is 2.40. The molecule has 42 heavy (non-hydrogen) atoms. The van der Waals surface area contributed by atoms with Crippen LogP contribution in [0.25, 0.3) is 5.57 Å². The number of hydrogen-bond acceptors (Lipinski definition) is 4. The number of rotatable bonds is 6. The summed E-state index contributed by atoms with van der Waals surface area (Å²) in [5.41, 5.74) is 5.28. The van der Waals surface area contributed by atoms with Crippen LogP contribution >= 0.6 is 0 Å². The van der Waals surface area contributed by atoms with Crippen LogP contribution in [0, 0.1) is 29.6 Å². The lowest BCUT2D eigenvalue weighted by molar-refractivity contribution is 0.288. The van der Waals surface area contributed by atoms with Crippen LogP contribution in [-0.2, 0) is 0 Å². The molecule has 7 rings (SSSR count). The molecule has 4 heteroatoms. The Kier molecular flexibility index (Phi) is 8.49. The van der Waals surface area contributed by atoms with Crippen LogP contribution in [0.4, 0.5) is 0 Å². The van der Waals surface area contributed by atoms with E-state index in [-0.39, 0.29) is 6.17 Å². The van der Waals surface area contributed by atoms with E-state index in [0.717, 1.165) is 25.2 Å². The fraction of sp³-hybridized carbons (Fsp3) is 0.500. The van der Waals surface area contributed by atoms with Gasteiger partial charge in [0.2, 0.25) is 0 Å². The molecule has 6 aliphatic rings. The Balaban J connectivity index is 1.15. The van der Waals surface area contributed by atoms with Crippen LogP contribution in [0.3, 0.4) is 0 Å². The highest BCUT2D eigenvalue weighted by Gasteiger charge is 2.34. The number of nitrogens with zero attached hydrogens (tertiary/aromatic N) is 3. The maximum Gasteiger partial charge on any atom is 0.154 e.